The first-order valence-corrected chi connectivity index (χ1v) is 9.52. The molecule has 0 spiro atoms. The van der Waals surface area contributed by atoms with Gasteiger partial charge in [0.1, 0.15) is 29.4 Å². The topological polar surface area (TPSA) is 95.0 Å². The molecule has 1 aliphatic rings. The first-order valence-electron chi connectivity index (χ1n) is 9.52. The average molecular weight is 443 g/mol. The zero-order valence-electron chi connectivity index (χ0n) is 16.6. The largest absolute Gasteiger partial charge is 0.573 e. The molecule has 2 aromatic carbocycles. The minimum atomic E-state index is -4.80. The Morgan fingerprint density at radius 1 is 1.25 bits per heavy atom. The van der Waals surface area contributed by atoms with E-state index in [1.54, 1.807) is 42.2 Å². The summed E-state index contributed by atoms with van der Waals surface area (Å²) >= 11 is 0. The van der Waals surface area contributed by atoms with Gasteiger partial charge in [0.2, 0.25) is 0 Å². The van der Waals surface area contributed by atoms with E-state index in [1.807, 2.05) is 0 Å². The van der Waals surface area contributed by atoms with Gasteiger partial charge in [-0.3, -0.25) is 9.20 Å². The summed E-state index contributed by atoms with van der Waals surface area (Å²) < 4.78 is 48.6. The number of nitrogen functional groups attached to an aromatic ring is 1. The van der Waals surface area contributed by atoms with Gasteiger partial charge in [-0.2, -0.15) is 0 Å². The fraction of sp³-hybridized carbons (Fsp3) is 0.190. The summed E-state index contributed by atoms with van der Waals surface area (Å²) in [4.78, 5) is 23.1. The molecule has 2 aromatic heterocycles. The molecule has 0 saturated carbocycles. The fourth-order valence-corrected chi connectivity index (χ4v) is 3.84. The number of imidazole rings is 1. The number of hydrogen-bond donors (Lipinski definition) is 1. The third kappa shape index (κ3) is 3.31. The van der Waals surface area contributed by atoms with Crippen LogP contribution in [0.15, 0.2) is 48.9 Å². The van der Waals surface area contributed by atoms with E-state index < -0.39 is 12.4 Å². The Kier molecular flexibility index (Phi) is 4.36. The molecule has 1 unspecified atom stereocenters. The number of anilines is 1. The molecule has 164 valence electrons. The predicted molar refractivity (Wildman–Crippen MR) is 108 cm³/mol. The van der Waals surface area contributed by atoms with Crippen molar-refractivity contribution >= 4 is 28.3 Å². The average Bonchev–Trinajstić information content (AvgIpc) is 3.39. The molecular weight excluding hydrogens is 427 g/mol. The van der Waals surface area contributed by atoms with E-state index in [4.69, 9.17) is 10.5 Å². The lowest BCUT2D eigenvalue weighted by molar-refractivity contribution is -0.274. The van der Waals surface area contributed by atoms with E-state index in [0.29, 0.717) is 33.5 Å². The number of amides is 1. The number of alkyl halides is 3. The van der Waals surface area contributed by atoms with Crippen molar-refractivity contribution in [2.45, 2.75) is 12.4 Å². The van der Waals surface area contributed by atoms with Crippen LogP contribution < -0.4 is 15.2 Å². The number of likely N-dealkylation sites (N-methyl/N-ethyl adjacent to an activating group) is 1. The molecule has 32 heavy (non-hydrogen) atoms. The van der Waals surface area contributed by atoms with Crippen molar-refractivity contribution < 1.29 is 27.4 Å². The minimum Gasteiger partial charge on any atom is -0.491 e. The number of rotatable bonds is 3. The van der Waals surface area contributed by atoms with Gasteiger partial charge >= 0.3 is 6.36 Å². The van der Waals surface area contributed by atoms with E-state index in [9.17, 15) is 18.0 Å². The highest BCUT2D eigenvalue weighted by Gasteiger charge is 2.34. The predicted octanol–water partition coefficient (Wildman–Crippen LogP) is 3.57. The van der Waals surface area contributed by atoms with Crippen molar-refractivity contribution in [1.29, 1.82) is 0 Å². The number of fused-ring (bicyclic) bond motifs is 4. The second-order valence-corrected chi connectivity index (χ2v) is 7.34. The number of carbonyl (C=O) groups is 1. The lowest BCUT2D eigenvalue weighted by Gasteiger charge is -2.24. The van der Waals surface area contributed by atoms with Crippen LogP contribution in [-0.4, -0.2) is 45.2 Å². The zero-order chi connectivity index (χ0) is 22.6. The summed E-state index contributed by atoms with van der Waals surface area (Å²) in [5, 5.41) is 0. The van der Waals surface area contributed by atoms with Gasteiger partial charge in [-0.25, -0.2) is 9.97 Å². The number of nitrogens with zero attached hydrogens (tertiary/aromatic N) is 4. The molecule has 0 aliphatic carbocycles. The van der Waals surface area contributed by atoms with Gasteiger partial charge in [0.25, 0.3) is 5.91 Å². The van der Waals surface area contributed by atoms with Crippen LogP contribution in [0, 0.1) is 0 Å². The highest BCUT2D eigenvalue weighted by molar-refractivity contribution is 5.98. The lowest BCUT2D eigenvalue weighted by Crippen LogP contribution is -2.32. The third-order valence-corrected chi connectivity index (χ3v) is 5.39. The summed E-state index contributed by atoms with van der Waals surface area (Å²) in [6.07, 6.45) is -1.61. The molecule has 0 fully saturated rings. The molecule has 4 aromatic rings. The maximum absolute atomic E-state index is 13.2. The Hall–Kier alpha value is -4.02. The number of halogens is 3. The Labute approximate surface area is 179 Å². The molecule has 1 amide bonds. The molecule has 0 bridgehead atoms. The third-order valence-electron chi connectivity index (χ3n) is 5.39. The molecule has 1 aliphatic heterocycles. The number of carbonyl (C=O) groups excluding carboxylic acids is 1. The molecule has 0 saturated heterocycles. The Morgan fingerprint density at radius 2 is 2.06 bits per heavy atom. The maximum atomic E-state index is 13.2. The second kappa shape index (κ2) is 7.01. The van der Waals surface area contributed by atoms with Gasteiger partial charge in [0.15, 0.2) is 0 Å². The smallest absolute Gasteiger partial charge is 0.491 e. The lowest BCUT2D eigenvalue weighted by atomic mass is 10.1. The Bertz CT molecular complexity index is 1370. The zero-order valence-corrected chi connectivity index (χ0v) is 16.6. The molecule has 5 rings (SSSR count). The highest BCUT2D eigenvalue weighted by Crippen LogP contribution is 2.39. The summed E-state index contributed by atoms with van der Waals surface area (Å²) in [7, 11) is 1.61. The van der Waals surface area contributed by atoms with Crippen molar-refractivity contribution in [2.75, 3.05) is 19.4 Å². The highest BCUT2D eigenvalue weighted by atomic mass is 19.4. The van der Waals surface area contributed by atoms with Crippen LogP contribution in [-0.2, 0) is 0 Å². The molecule has 1 atom stereocenters. The molecule has 3 heterocycles. The number of hydrogen-bond acceptors (Lipinski definition) is 6. The van der Waals surface area contributed by atoms with Crippen LogP contribution in [0.4, 0.5) is 19.0 Å². The number of benzene rings is 2. The van der Waals surface area contributed by atoms with Gasteiger partial charge in [-0.15, -0.1) is 13.2 Å². The van der Waals surface area contributed by atoms with E-state index in [-0.39, 0.29) is 24.0 Å². The van der Waals surface area contributed by atoms with Crippen molar-refractivity contribution in [3.8, 4) is 11.5 Å². The fourth-order valence-electron chi connectivity index (χ4n) is 3.84. The second-order valence-electron chi connectivity index (χ2n) is 7.34. The number of aromatic nitrogens is 3. The van der Waals surface area contributed by atoms with Crippen LogP contribution in [0.5, 0.6) is 11.5 Å². The first-order chi connectivity index (χ1) is 15.2. The summed E-state index contributed by atoms with van der Waals surface area (Å²) in [6, 6.07) is 8.43. The summed E-state index contributed by atoms with van der Waals surface area (Å²) in [6.45, 7) is 0.116. The van der Waals surface area contributed by atoms with Gasteiger partial charge in [-0.05, 0) is 30.3 Å². The van der Waals surface area contributed by atoms with Gasteiger partial charge in [0, 0.05) is 24.2 Å². The molecule has 8 nitrogen and oxygen atoms in total. The van der Waals surface area contributed by atoms with E-state index in [2.05, 4.69) is 14.7 Å². The monoisotopic (exact) mass is 443 g/mol. The summed E-state index contributed by atoms with van der Waals surface area (Å²) in [5.74, 6) is -0.0833. The molecule has 0 radical (unpaired) electrons. The van der Waals surface area contributed by atoms with E-state index >= 15 is 0 Å². The van der Waals surface area contributed by atoms with Crippen molar-refractivity contribution in [3.63, 3.8) is 0 Å². The molecular formula is C21H16F3N5O3. The quantitative estimate of drug-likeness (QED) is 0.520. The van der Waals surface area contributed by atoms with Crippen molar-refractivity contribution in [2.24, 2.45) is 0 Å². The minimum absolute atomic E-state index is 0.116. The standard InChI is InChI=1S/C21H16F3N5O3/c1-28(17-9-31-18-7-12(3-4-13(17)18)32-21(22,23)24)20(30)11-2-5-14-15(6-11)29-10-26-8-16(29)19(25)27-14/h2-8,10,17H,9H2,1H3,(H2,25,27). The molecule has 2 N–H and O–H groups in total. The number of nitrogens with two attached hydrogens (primary N) is 1. The van der Waals surface area contributed by atoms with Crippen LogP contribution in [0.1, 0.15) is 22.0 Å². The van der Waals surface area contributed by atoms with Crippen molar-refractivity contribution in [1.82, 2.24) is 19.3 Å². The normalized spacial score (nSPS) is 15.6. The van der Waals surface area contributed by atoms with Gasteiger partial charge < -0.3 is 20.1 Å². The molecule has 11 heteroatoms. The van der Waals surface area contributed by atoms with Gasteiger partial charge in [-0.1, -0.05) is 0 Å². The Balaban J connectivity index is 1.45. The van der Waals surface area contributed by atoms with Gasteiger partial charge in [0.05, 0.1) is 29.6 Å². The van der Waals surface area contributed by atoms with Crippen molar-refractivity contribution in [3.05, 3.63) is 60.0 Å². The number of ether oxygens (including phenoxy) is 2. The van der Waals surface area contributed by atoms with E-state index in [0.717, 1.165) is 0 Å². The maximum Gasteiger partial charge on any atom is 0.573 e. The first kappa shape index (κ1) is 19.9. The summed E-state index contributed by atoms with van der Waals surface area (Å²) in [5.41, 5.74) is 8.87. The van der Waals surface area contributed by atoms with Crippen LogP contribution in [0.2, 0.25) is 0 Å². The SMILES string of the molecule is CN(C(=O)c1ccc2nc(N)c3cncn3c2c1)C1COc2cc(OC(F)(F)F)ccc21. The van der Waals surface area contributed by atoms with Crippen LogP contribution in [0.25, 0.3) is 16.6 Å². The Morgan fingerprint density at radius 3 is 2.84 bits per heavy atom. The van der Waals surface area contributed by atoms with Crippen LogP contribution >= 0.6 is 0 Å². The van der Waals surface area contributed by atoms with E-state index in [1.165, 1.54) is 23.1 Å². The van der Waals surface area contributed by atoms with Crippen LogP contribution in [0.3, 0.4) is 0 Å².